The molecule has 0 saturated heterocycles. The lowest BCUT2D eigenvalue weighted by molar-refractivity contribution is -0.150. The van der Waals surface area contributed by atoms with Gasteiger partial charge in [0.2, 0.25) is 0 Å². The van der Waals surface area contributed by atoms with Crippen molar-refractivity contribution in [2.24, 2.45) is 11.3 Å². The van der Waals surface area contributed by atoms with Gasteiger partial charge in [0, 0.05) is 0 Å². The topological polar surface area (TPSA) is 74.6 Å². The minimum atomic E-state index is -0.665. The molecule has 0 aliphatic rings. The molecule has 0 radical (unpaired) electrons. The van der Waals surface area contributed by atoms with Crippen molar-refractivity contribution in [2.75, 3.05) is 0 Å². The number of hydrogen-bond acceptors (Lipinski definition) is 2. The Balaban J connectivity index is 0. The van der Waals surface area contributed by atoms with Crippen molar-refractivity contribution < 1.29 is 19.8 Å². The Kier molecular flexibility index (Phi) is 15.3. The first-order chi connectivity index (χ1) is 10.8. The molecule has 0 spiro atoms. The molecule has 0 aromatic carbocycles. The maximum absolute atomic E-state index is 11.0. The Morgan fingerprint density at radius 3 is 1.74 bits per heavy atom. The summed E-state index contributed by atoms with van der Waals surface area (Å²) in [6, 6.07) is 0. The Labute approximate surface area is 142 Å². The molecule has 138 valence electrons. The Morgan fingerprint density at radius 1 is 0.870 bits per heavy atom. The van der Waals surface area contributed by atoms with Crippen LogP contribution in [0.1, 0.15) is 98.8 Å². The maximum atomic E-state index is 11.0. The molecule has 23 heavy (non-hydrogen) atoms. The van der Waals surface area contributed by atoms with E-state index in [0.717, 1.165) is 44.9 Å². The van der Waals surface area contributed by atoms with Gasteiger partial charge in [0.25, 0.3) is 0 Å². The first-order valence-electron chi connectivity index (χ1n) is 9.27. The molecule has 0 bridgehead atoms. The number of hydrogen-bond donors (Lipinski definition) is 2. The first kappa shape index (κ1) is 24.2. The summed E-state index contributed by atoms with van der Waals surface area (Å²) in [6.07, 6.45) is 9.92. The van der Waals surface area contributed by atoms with E-state index in [4.69, 9.17) is 10.2 Å². The number of carbonyl (C=O) groups is 2. The van der Waals surface area contributed by atoms with Crippen molar-refractivity contribution in [1.82, 2.24) is 0 Å². The number of carboxylic acids is 2. The minimum Gasteiger partial charge on any atom is -0.481 e. The summed E-state index contributed by atoms with van der Waals surface area (Å²) in [6.45, 7) is 9.95. The van der Waals surface area contributed by atoms with Gasteiger partial charge < -0.3 is 10.2 Å². The van der Waals surface area contributed by atoms with Crippen LogP contribution in [0.15, 0.2) is 0 Å². The Bertz CT molecular complexity index is 308. The highest BCUT2D eigenvalue weighted by molar-refractivity contribution is 5.74. The lowest BCUT2D eigenvalue weighted by atomic mass is 9.78. The third-order valence-corrected chi connectivity index (χ3v) is 4.73. The molecule has 0 aliphatic carbocycles. The summed E-state index contributed by atoms with van der Waals surface area (Å²) < 4.78 is 0. The van der Waals surface area contributed by atoms with Crippen LogP contribution in [0.5, 0.6) is 0 Å². The van der Waals surface area contributed by atoms with Crippen molar-refractivity contribution in [2.45, 2.75) is 98.8 Å². The van der Waals surface area contributed by atoms with Crippen molar-refractivity contribution >= 4 is 11.9 Å². The van der Waals surface area contributed by atoms with Crippen molar-refractivity contribution in [1.29, 1.82) is 0 Å². The highest BCUT2D eigenvalue weighted by Gasteiger charge is 2.33. The molecule has 4 nitrogen and oxygen atoms in total. The standard InChI is InChI=1S/C10H20O2.C9H18O2/c1-4-7-8-10(5-2,6-3)9(11)12;1-3-4-5-6-7-8(2)9(10)11/h4-8H2,1-3H3,(H,11,12);8H,3-7H2,1-2H3,(H,10,11). The highest BCUT2D eigenvalue weighted by atomic mass is 16.4. The largest absolute Gasteiger partial charge is 0.481 e. The average molecular weight is 331 g/mol. The van der Waals surface area contributed by atoms with Crippen molar-refractivity contribution in [3.8, 4) is 0 Å². The van der Waals surface area contributed by atoms with E-state index < -0.39 is 17.4 Å². The van der Waals surface area contributed by atoms with Crippen LogP contribution in [-0.2, 0) is 9.59 Å². The quantitative estimate of drug-likeness (QED) is 0.447. The lowest BCUT2D eigenvalue weighted by Gasteiger charge is -2.26. The molecule has 1 atom stereocenters. The normalized spacial score (nSPS) is 12.2. The van der Waals surface area contributed by atoms with E-state index in [9.17, 15) is 9.59 Å². The summed E-state index contributed by atoms with van der Waals surface area (Å²) >= 11 is 0. The van der Waals surface area contributed by atoms with Crippen molar-refractivity contribution in [3.63, 3.8) is 0 Å². The van der Waals surface area contributed by atoms with E-state index in [1.54, 1.807) is 6.92 Å². The molecule has 0 aromatic rings. The molecule has 0 aliphatic heterocycles. The zero-order chi connectivity index (χ0) is 18.3. The molecule has 2 N–H and O–H groups in total. The van der Waals surface area contributed by atoms with Gasteiger partial charge in [0.1, 0.15) is 0 Å². The smallest absolute Gasteiger partial charge is 0.309 e. The summed E-state index contributed by atoms with van der Waals surface area (Å²) in [7, 11) is 0. The molecular formula is C19H38O4. The monoisotopic (exact) mass is 330 g/mol. The molecule has 0 heterocycles. The van der Waals surface area contributed by atoms with Crippen LogP contribution < -0.4 is 0 Å². The van der Waals surface area contributed by atoms with E-state index in [2.05, 4.69) is 13.8 Å². The first-order valence-corrected chi connectivity index (χ1v) is 9.27. The van der Waals surface area contributed by atoms with E-state index in [0.29, 0.717) is 0 Å². The van der Waals surface area contributed by atoms with E-state index in [-0.39, 0.29) is 5.92 Å². The highest BCUT2D eigenvalue weighted by Crippen LogP contribution is 2.32. The number of unbranched alkanes of at least 4 members (excludes halogenated alkanes) is 4. The molecule has 0 saturated carbocycles. The Morgan fingerprint density at radius 2 is 1.39 bits per heavy atom. The number of rotatable bonds is 12. The molecule has 0 fully saturated rings. The zero-order valence-electron chi connectivity index (χ0n) is 15.9. The molecular weight excluding hydrogens is 292 g/mol. The fourth-order valence-corrected chi connectivity index (χ4v) is 2.53. The third-order valence-electron chi connectivity index (χ3n) is 4.73. The van der Waals surface area contributed by atoms with Crippen LogP contribution in [0.25, 0.3) is 0 Å². The SMILES string of the molecule is CCCCC(CC)(CC)C(=O)O.CCCCCCC(C)C(=O)O. The van der Waals surface area contributed by atoms with Gasteiger partial charge in [-0.2, -0.15) is 0 Å². The second-order valence-electron chi connectivity index (χ2n) is 6.48. The summed E-state index contributed by atoms with van der Waals surface area (Å²) in [5, 5.41) is 17.6. The van der Waals surface area contributed by atoms with Gasteiger partial charge in [-0.3, -0.25) is 9.59 Å². The fourth-order valence-electron chi connectivity index (χ4n) is 2.53. The second-order valence-corrected chi connectivity index (χ2v) is 6.48. The molecule has 0 amide bonds. The lowest BCUT2D eigenvalue weighted by Crippen LogP contribution is -2.29. The van der Waals surface area contributed by atoms with Crippen LogP contribution in [0.2, 0.25) is 0 Å². The van der Waals surface area contributed by atoms with Gasteiger partial charge >= 0.3 is 11.9 Å². The summed E-state index contributed by atoms with van der Waals surface area (Å²) in [5.74, 6) is -1.45. The van der Waals surface area contributed by atoms with Crippen molar-refractivity contribution in [3.05, 3.63) is 0 Å². The van der Waals surface area contributed by atoms with Gasteiger partial charge in [-0.05, 0) is 25.7 Å². The Hall–Kier alpha value is -1.06. The molecule has 0 rings (SSSR count). The van der Waals surface area contributed by atoms with Crippen LogP contribution >= 0.6 is 0 Å². The van der Waals surface area contributed by atoms with Gasteiger partial charge in [-0.1, -0.05) is 73.1 Å². The predicted octanol–water partition coefficient (Wildman–Crippen LogP) is 5.75. The molecule has 1 unspecified atom stereocenters. The summed E-state index contributed by atoms with van der Waals surface area (Å²) in [5.41, 5.74) is -0.448. The molecule has 0 aromatic heterocycles. The van der Waals surface area contributed by atoms with Gasteiger partial charge in [-0.15, -0.1) is 0 Å². The second kappa shape index (κ2) is 14.5. The average Bonchev–Trinajstić information content (AvgIpc) is 2.53. The van der Waals surface area contributed by atoms with Gasteiger partial charge in [-0.25, -0.2) is 0 Å². The van der Waals surface area contributed by atoms with Crippen LogP contribution in [0, 0.1) is 11.3 Å². The van der Waals surface area contributed by atoms with Crippen LogP contribution in [0.4, 0.5) is 0 Å². The minimum absolute atomic E-state index is 0.160. The van der Waals surface area contributed by atoms with Gasteiger partial charge in [0.15, 0.2) is 0 Å². The fraction of sp³-hybridized carbons (Fsp3) is 0.895. The number of aliphatic carboxylic acids is 2. The van der Waals surface area contributed by atoms with E-state index >= 15 is 0 Å². The number of carboxylic acid groups (broad SMARTS) is 2. The maximum Gasteiger partial charge on any atom is 0.309 e. The molecule has 4 heteroatoms. The van der Waals surface area contributed by atoms with E-state index in [1.807, 2.05) is 13.8 Å². The predicted molar refractivity (Wildman–Crippen MR) is 95.7 cm³/mol. The van der Waals surface area contributed by atoms with Crippen LogP contribution in [0.3, 0.4) is 0 Å². The summed E-state index contributed by atoms with van der Waals surface area (Å²) in [4.78, 5) is 21.4. The van der Waals surface area contributed by atoms with Gasteiger partial charge in [0.05, 0.1) is 11.3 Å². The van der Waals surface area contributed by atoms with Crippen LogP contribution in [-0.4, -0.2) is 22.2 Å². The third kappa shape index (κ3) is 11.2. The van der Waals surface area contributed by atoms with E-state index in [1.165, 1.54) is 19.3 Å². The zero-order valence-corrected chi connectivity index (χ0v) is 15.9.